The lowest BCUT2D eigenvalue weighted by Crippen LogP contribution is -2.26. The van der Waals surface area contributed by atoms with E-state index in [2.05, 4.69) is 122 Å². The van der Waals surface area contributed by atoms with Crippen molar-refractivity contribution >= 4 is 33.4 Å². The van der Waals surface area contributed by atoms with Gasteiger partial charge in [0.25, 0.3) is 0 Å². The molecule has 3 aromatic carbocycles. The molecule has 0 aliphatic heterocycles. The molecule has 1 heteroatoms. The molecule has 0 saturated heterocycles. The van der Waals surface area contributed by atoms with Gasteiger partial charge in [-0.25, -0.2) is 0 Å². The first kappa shape index (κ1) is 18.5. The van der Waals surface area contributed by atoms with Gasteiger partial charge in [-0.3, -0.25) is 0 Å². The third-order valence-electron chi connectivity index (χ3n) is 6.11. The van der Waals surface area contributed by atoms with Crippen LogP contribution in [0.4, 0.5) is 0 Å². The Morgan fingerprint density at radius 3 is 2.52 bits per heavy atom. The molecule has 1 atom stereocenters. The summed E-state index contributed by atoms with van der Waals surface area (Å²) < 4.78 is 1.30. The highest BCUT2D eigenvalue weighted by Crippen LogP contribution is 2.39. The van der Waals surface area contributed by atoms with Gasteiger partial charge < -0.3 is 0 Å². The van der Waals surface area contributed by atoms with Crippen LogP contribution in [0.15, 0.2) is 78.9 Å². The van der Waals surface area contributed by atoms with Crippen LogP contribution in [0.2, 0.25) is 0 Å². The molecule has 27 heavy (non-hydrogen) atoms. The predicted molar refractivity (Wildman–Crippen MR) is 126 cm³/mol. The van der Waals surface area contributed by atoms with E-state index in [1.165, 1.54) is 36.6 Å². The molecule has 1 aliphatic carbocycles. The lowest BCUT2D eigenvalue weighted by atomic mass is 9.71. The fourth-order valence-corrected chi connectivity index (χ4v) is 4.68. The molecule has 0 radical (unpaired) electrons. The summed E-state index contributed by atoms with van der Waals surface area (Å²) in [6.07, 6.45) is 9.97. The van der Waals surface area contributed by atoms with Crippen molar-refractivity contribution in [2.75, 3.05) is 0 Å². The average Bonchev–Trinajstić information content (AvgIpc) is 2.72. The van der Waals surface area contributed by atoms with Crippen LogP contribution in [0.5, 0.6) is 0 Å². The van der Waals surface area contributed by atoms with Gasteiger partial charge in [0.05, 0.1) is 0 Å². The van der Waals surface area contributed by atoms with Gasteiger partial charge in [0.2, 0.25) is 0 Å². The van der Waals surface area contributed by atoms with Crippen LogP contribution in [-0.4, -0.2) is 0 Å². The third-order valence-corrected chi connectivity index (χ3v) is 7.05. The molecule has 136 valence electrons. The molecule has 0 amide bonds. The van der Waals surface area contributed by atoms with Gasteiger partial charge in [-0.05, 0) is 79.4 Å². The van der Waals surface area contributed by atoms with E-state index < -0.39 is 0 Å². The van der Waals surface area contributed by atoms with Crippen molar-refractivity contribution in [2.45, 2.75) is 32.6 Å². The number of rotatable bonds is 1. The largest absolute Gasteiger partial charge is 0.0808 e. The van der Waals surface area contributed by atoms with Crippen molar-refractivity contribution in [1.29, 1.82) is 0 Å². The first-order valence-electron chi connectivity index (χ1n) is 9.63. The second-order valence-corrected chi connectivity index (χ2v) is 9.20. The van der Waals surface area contributed by atoms with Crippen molar-refractivity contribution in [3.8, 4) is 11.1 Å². The highest BCUT2D eigenvalue weighted by atomic mass is 127. The van der Waals surface area contributed by atoms with Gasteiger partial charge >= 0.3 is 0 Å². The maximum absolute atomic E-state index is 2.44. The van der Waals surface area contributed by atoms with Crippen molar-refractivity contribution in [1.82, 2.24) is 0 Å². The average molecular weight is 464 g/mol. The molecule has 0 unspecified atom stereocenters. The molecule has 0 bridgehead atoms. The molecule has 0 heterocycles. The summed E-state index contributed by atoms with van der Waals surface area (Å²) in [7, 11) is 0. The minimum Gasteiger partial charge on any atom is -0.0808 e. The second kappa shape index (κ2) is 7.27. The van der Waals surface area contributed by atoms with E-state index in [9.17, 15) is 0 Å². The monoisotopic (exact) mass is 464 g/mol. The van der Waals surface area contributed by atoms with E-state index in [0.717, 1.165) is 6.42 Å². The van der Waals surface area contributed by atoms with Crippen LogP contribution in [0.3, 0.4) is 0 Å². The quantitative estimate of drug-likeness (QED) is 0.324. The lowest BCUT2D eigenvalue weighted by Gasteiger charge is -2.33. The van der Waals surface area contributed by atoms with Gasteiger partial charge in [-0.15, -0.1) is 0 Å². The van der Waals surface area contributed by atoms with Crippen LogP contribution < -0.4 is 0 Å². The molecule has 0 aromatic heterocycles. The summed E-state index contributed by atoms with van der Waals surface area (Å²) in [6, 6.07) is 20.3. The zero-order chi connectivity index (χ0) is 19.0. The smallest absolute Gasteiger partial charge is 0.0209 e. The Kier molecular flexibility index (Phi) is 4.98. The van der Waals surface area contributed by atoms with Crippen molar-refractivity contribution in [3.63, 3.8) is 0 Å². The molecule has 3 aromatic rings. The fraction of sp³-hybridized carbons (Fsp3) is 0.231. The summed E-state index contributed by atoms with van der Waals surface area (Å²) >= 11 is 2.44. The van der Waals surface area contributed by atoms with E-state index in [-0.39, 0.29) is 5.41 Å². The maximum Gasteiger partial charge on any atom is 0.0209 e. The summed E-state index contributed by atoms with van der Waals surface area (Å²) in [5, 5.41) is 2.66. The van der Waals surface area contributed by atoms with Gasteiger partial charge in [0.1, 0.15) is 0 Å². The summed E-state index contributed by atoms with van der Waals surface area (Å²) in [5.41, 5.74) is 5.63. The highest BCUT2D eigenvalue weighted by Gasteiger charge is 2.29. The summed E-state index contributed by atoms with van der Waals surface area (Å²) in [6.45, 7) is 7.08. The minimum atomic E-state index is 0.0901. The Morgan fingerprint density at radius 1 is 0.926 bits per heavy atom. The van der Waals surface area contributed by atoms with Gasteiger partial charge in [0.15, 0.2) is 0 Å². The van der Waals surface area contributed by atoms with Crippen LogP contribution >= 0.6 is 22.6 Å². The number of allylic oxidation sites excluding steroid dienone is 4. The summed E-state index contributed by atoms with van der Waals surface area (Å²) in [5.74, 6) is 0.475. The molecule has 0 spiro atoms. The number of hydrogen-bond donors (Lipinski definition) is 0. The molecule has 4 rings (SSSR count). The fourth-order valence-electron chi connectivity index (χ4n) is 4.03. The molecule has 0 fully saturated rings. The Bertz CT molecular complexity index is 1050. The van der Waals surface area contributed by atoms with E-state index in [4.69, 9.17) is 0 Å². The van der Waals surface area contributed by atoms with Crippen molar-refractivity contribution < 1.29 is 0 Å². The lowest BCUT2D eigenvalue weighted by molar-refractivity contribution is 0.407. The minimum absolute atomic E-state index is 0.0901. The molecular weight excluding hydrogens is 439 g/mol. The molecule has 0 nitrogen and oxygen atoms in total. The van der Waals surface area contributed by atoms with E-state index in [1.807, 2.05) is 0 Å². The standard InChI is InChI=1S/C26H25I/c1-18-9-5-4-6-10-19-13-14-20(17-24(19)26(18,2)3)21-15-16-25(27)23-12-8-7-11-22(21)23/h4-9,11-18H,10H2,1-3H3/b6-4-,9-5-/t18-/m1/s1. The second-order valence-electron chi connectivity index (χ2n) is 8.04. The Hall–Kier alpha value is -1.87. The molecular formula is C26H25I. The first-order chi connectivity index (χ1) is 13.0. The van der Waals surface area contributed by atoms with E-state index in [0.29, 0.717) is 5.92 Å². The number of benzene rings is 3. The number of halogens is 1. The van der Waals surface area contributed by atoms with E-state index >= 15 is 0 Å². The van der Waals surface area contributed by atoms with Crippen LogP contribution in [0.1, 0.15) is 31.9 Å². The molecule has 1 aliphatic rings. The van der Waals surface area contributed by atoms with E-state index in [1.54, 1.807) is 0 Å². The van der Waals surface area contributed by atoms with Crippen LogP contribution in [-0.2, 0) is 11.8 Å². The molecule has 0 saturated carbocycles. The van der Waals surface area contributed by atoms with Gasteiger partial charge in [0, 0.05) is 3.57 Å². The Labute approximate surface area is 176 Å². The van der Waals surface area contributed by atoms with Crippen LogP contribution in [0, 0.1) is 9.49 Å². The van der Waals surface area contributed by atoms with Crippen molar-refractivity contribution in [3.05, 3.63) is 93.6 Å². The SMILES string of the molecule is C[C@@H]1/C=C\C=C/Cc2ccc(-c3ccc(I)c4ccccc34)cc2C1(C)C. The number of fused-ring (bicyclic) bond motifs is 2. The van der Waals surface area contributed by atoms with Gasteiger partial charge in [-0.1, -0.05) is 93.6 Å². The Morgan fingerprint density at radius 2 is 1.70 bits per heavy atom. The first-order valence-corrected chi connectivity index (χ1v) is 10.7. The number of hydrogen-bond acceptors (Lipinski definition) is 0. The van der Waals surface area contributed by atoms with Crippen LogP contribution in [0.25, 0.3) is 21.9 Å². The highest BCUT2D eigenvalue weighted by molar-refractivity contribution is 14.1. The topological polar surface area (TPSA) is 0 Å². The predicted octanol–water partition coefficient (Wildman–Crippen LogP) is 7.69. The zero-order valence-electron chi connectivity index (χ0n) is 16.2. The molecule has 0 N–H and O–H groups in total. The maximum atomic E-state index is 2.44. The van der Waals surface area contributed by atoms with Crippen molar-refractivity contribution in [2.24, 2.45) is 5.92 Å². The van der Waals surface area contributed by atoms with Gasteiger partial charge in [-0.2, -0.15) is 0 Å². The zero-order valence-corrected chi connectivity index (χ0v) is 18.3. The third kappa shape index (κ3) is 3.38. The Balaban J connectivity index is 1.93. The normalized spacial score (nSPS) is 21.0. The summed E-state index contributed by atoms with van der Waals surface area (Å²) in [4.78, 5) is 0.